The summed E-state index contributed by atoms with van der Waals surface area (Å²) in [4.78, 5) is 17.3. The summed E-state index contributed by atoms with van der Waals surface area (Å²) in [5, 5.41) is 9.28. The Hall–Kier alpha value is -2.56. The predicted octanol–water partition coefficient (Wildman–Crippen LogP) is 2.73. The zero-order chi connectivity index (χ0) is 15.4. The normalized spacial score (nSPS) is 10.2. The van der Waals surface area contributed by atoms with Crippen LogP contribution in [0.5, 0.6) is 5.75 Å². The van der Waals surface area contributed by atoms with Crippen molar-refractivity contribution in [2.75, 3.05) is 19.1 Å². The molecular formula is C16H18N2O3. The molecule has 0 saturated carbocycles. The molecule has 0 fully saturated rings. The van der Waals surface area contributed by atoms with Crippen molar-refractivity contribution in [1.29, 1.82) is 0 Å². The van der Waals surface area contributed by atoms with Crippen molar-refractivity contribution in [2.24, 2.45) is 0 Å². The van der Waals surface area contributed by atoms with Crippen molar-refractivity contribution in [1.82, 2.24) is 4.98 Å². The lowest BCUT2D eigenvalue weighted by Crippen LogP contribution is -2.20. The second kappa shape index (κ2) is 6.26. The average molecular weight is 286 g/mol. The Balaban J connectivity index is 2.34. The Morgan fingerprint density at radius 3 is 2.76 bits per heavy atom. The SMILES string of the molecule is COc1ccccc1CN(C)c1cc(C)ncc1C(=O)O. The fraction of sp³-hybridized carbons (Fsp3) is 0.250. The molecule has 0 aliphatic carbocycles. The van der Waals surface area contributed by atoms with Gasteiger partial charge in [-0.3, -0.25) is 4.98 Å². The third-order valence-corrected chi connectivity index (χ3v) is 3.26. The van der Waals surface area contributed by atoms with E-state index in [1.165, 1.54) is 6.20 Å². The first-order valence-corrected chi connectivity index (χ1v) is 6.56. The number of carboxylic acids is 1. The molecule has 1 heterocycles. The fourth-order valence-electron chi connectivity index (χ4n) is 2.20. The van der Waals surface area contributed by atoms with Gasteiger partial charge in [-0.2, -0.15) is 0 Å². The van der Waals surface area contributed by atoms with E-state index in [4.69, 9.17) is 4.74 Å². The molecule has 1 aromatic heterocycles. The molecule has 0 amide bonds. The Kier molecular flexibility index (Phi) is 4.42. The first kappa shape index (κ1) is 14.8. The summed E-state index contributed by atoms with van der Waals surface area (Å²) in [6, 6.07) is 9.46. The average Bonchev–Trinajstić information content (AvgIpc) is 2.47. The number of hydrogen-bond acceptors (Lipinski definition) is 4. The first-order valence-electron chi connectivity index (χ1n) is 6.56. The minimum atomic E-state index is -0.982. The van der Waals surface area contributed by atoms with Crippen LogP contribution < -0.4 is 9.64 Å². The van der Waals surface area contributed by atoms with E-state index in [1.807, 2.05) is 43.1 Å². The molecule has 0 aliphatic rings. The highest BCUT2D eigenvalue weighted by Gasteiger charge is 2.15. The topological polar surface area (TPSA) is 62.7 Å². The van der Waals surface area contributed by atoms with Crippen LogP contribution in [0.2, 0.25) is 0 Å². The molecule has 1 aromatic carbocycles. The molecule has 0 spiro atoms. The maximum Gasteiger partial charge on any atom is 0.339 e. The number of para-hydroxylation sites is 1. The Morgan fingerprint density at radius 2 is 2.10 bits per heavy atom. The van der Waals surface area contributed by atoms with Crippen molar-refractivity contribution in [3.8, 4) is 5.75 Å². The highest BCUT2D eigenvalue weighted by molar-refractivity contribution is 5.94. The lowest BCUT2D eigenvalue weighted by atomic mass is 10.1. The van der Waals surface area contributed by atoms with Gasteiger partial charge in [0.1, 0.15) is 11.3 Å². The highest BCUT2D eigenvalue weighted by Crippen LogP contribution is 2.25. The number of rotatable bonds is 5. The third-order valence-electron chi connectivity index (χ3n) is 3.26. The van der Waals surface area contributed by atoms with Crippen LogP contribution in [0, 0.1) is 6.92 Å². The fourth-order valence-corrected chi connectivity index (χ4v) is 2.20. The zero-order valence-corrected chi connectivity index (χ0v) is 12.3. The summed E-state index contributed by atoms with van der Waals surface area (Å²) < 4.78 is 5.33. The van der Waals surface area contributed by atoms with Crippen molar-refractivity contribution >= 4 is 11.7 Å². The number of benzene rings is 1. The number of hydrogen-bond donors (Lipinski definition) is 1. The lowest BCUT2D eigenvalue weighted by molar-refractivity contribution is 0.0697. The quantitative estimate of drug-likeness (QED) is 0.915. The molecule has 0 unspecified atom stereocenters. The molecule has 5 nitrogen and oxygen atoms in total. The predicted molar refractivity (Wildman–Crippen MR) is 81.0 cm³/mol. The number of methoxy groups -OCH3 is 1. The van der Waals surface area contributed by atoms with Gasteiger partial charge >= 0.3 is 5.97 Å². The third kappa shape index (κ3) is 3.31. The van der Waals surface area contributed by atoms with E-state index in [-0.39, 0.29) is 5.56 Å². The lowest BCUT2D eigenvalue weighted by Gasteiger charge is -2.22. The summed E-state index contributed by atoms with van der Waals surface area (Å²) in [7, 11) is 3.48. The molecule has 0 radical (unpaired) electrons. The molecule has 0 aliphatic heterocycles. The number of nitrogens with zero attached hydrogens (tertiary/aromatic N) is 2. The van der Waals surface area contributed by atoms with E-state index in [1.54, 1.807) is 13.2 Å². The Bertz CT molecular complexity index is 656. The van der Waals surface area contributed by atoms with Crippen LogP contribution >= 0.6 is 0 Å². The van der Waals surface area contributed by atoms with Crippen LogP contribution in [0.4, 0.5) is 5.69 Å². The number of ether oxygens (including phenoxy) is 1. The Morgan fingerprint density at radius 1 is 1.38 bits per heavy atom. The van der Waals surface area contributed by atoms with Crippen LogP contribution in [0.25, 0.3) is 0 Å². The van der Waals surface area contributed by atoms with Crippen molar-refractivity contribution < 1.29 is 14.6 Å². The molecule has 21 heavy (non-hydrogen) atoms. The van der Waals surface area contributed by atoms with E-state index < -0.39 is 5.97 Å². The van der Waals surface area contributed by atoms with Crippen LogP contribution in [0.1, 0.15) is 21.6 Å². The van der Waals surface area contributed by atoms with Crippen molar-refractivity contribution in [3.63, 3.8) is 0 Å². The molecule has 5 heteroatoms. The molecular weight excluding hydrogens is 268 g/mol. The van der Waals surface area contributed by atoms with Gasteiger partial charge < -0.3 is 14.7 Å². The molecule has 0 saturated heterocycles. The van der Waals surface area contributed by atoms with Gasteiger partial charge in [0.15, 0.2) is 0 Å². The molecule has 2 rings (SSSR count). The summed E-state index contributed by atoms with van der Waals surface area (Å²) in [6.45, 7) is 2.39. The number of aryl methyl sites for hydroxylation is 1. The smallest absolute Gasteiger partial charge is 0.339 e. The van der Waals surface area contributed by atoms with E-state index in [2.05, 4.69) is 4.98 Å². The van der Waals surface area contributed by atoms with Gasteiger partial charge in [-0.05, 0) is 19.1 Å². The summed E-state index contributed by atoms with van der Waals surface area (Å²) in [5.74, 6) is -0.198. The molecule has 110 valence electrons. The largest absolute Gasteiger partial charge is 0.496 e. The van der Waals surface area contributed by atoms with E-state index in [9.17, 15) is 9.90 Å². The summed E-state index contributed by atoms with van der Waals surface area (Å²) in [6.07, 6.45) is 1.39. The second-order valence-corrected chi connectivity index (χ2v) is 4.82. The summed E-state index contributed by atoms with van der Waals surface area (Å²) >= 11 is 0. The zero-order valence-electron chi connectivity index (χ0n) is 12.3. The van der Waals surface area contributed by atoms with Gasteiger partial charge in [0.05, 0.1) is 12.8 Å². The van der Waals surface area contributed by atoms with Gasteiger partial charge in [-0.1, -0.05) is 18.2 Å². The van der Waals surface area contributed by atoms with Gasteiger partial charge in [0.2, 0.25) is 0 Å². The number of carbonyl (C=O) groups is 1. The van der Waals surface area contributed by atoms with Crippen LogP contribution in [-0.2, 0) is 6.54 Å². The van der Waals surface area contributed by atoms with Crippen LogP contribution in [0.15, 0.2) is 36.5 Å². The maximum absolute atomic E-state index is 11.3. The van der Waals surface area contributed by atoms with Gasteiger partial charge in [0, 0.05) is 31.0 Å². The maximum atomic E-state index is 11.3. The molecule has 1 N–H and O–H groups in total. The number of aromatic nitrogens is 1. The number of carboxylic acid groups (broad SMARTS) is 1. The molecule has 0 atom stereocenters. The minimum absolute atomic E-state index is 0.193. The van der Waals surface area contributed by atoms with Crippen molar-refractivity contribution in [3.05, 3.63) is 53.3 Å². The molecule has 2 aromatic rings. The van der Waals surface area contributed by atoms with E-state index in [0.29, 0.717) is 12.2 Å². The first-order chi connectivity index (χ1) is 10.0. The van der Waals surface area contributed by atoms with Gasteiger partial charge in [-0.25, -0.2) is 4.79 Å². The summed E-state index contributed by atoms with van der Waals surface area (Å²) in [5.41, 5.74) is 2.61. The van der Waals surface area contributed by atoms with Gasteiger partial charge in [-0.15, -0.1) is 0 Å². The number of aromatic carboxylic acids is 1. The highest BCUT2D eigenvalue weighted by atomic mass is 16.5. The number of anilines is 1. The standard InChI is InChI=1S/C16H18N2O3/c1-11-8-14(13(9-17-11)16(19)20)18(2)10-12-6-4-5-7-15(12)21-3/h4-9H,10H2,1-3H3,(H,19,20). The van der Waals surface area contributed by atoms with E-state index in [0.717, 1.165) is 17.0 Å². The minimum Gasteiger partial charge on any atom is -0.496 e. The van der Waals surface area contributed by atoms with E-state index >= 15 is 0 Å². The van der Waals surface area contributed by atoms with Gasteiger partial charge in [0.25, 0.3) is 0 Å². The molecule has 0 bridgehead atoms. The van der Waals surface area contributed by atoms with Crippen molar-refractivity contribution in [2.45, 2.75) is 13.5 Å². The second-order valence-electron chi connectivity index (χ2n) is 4.82. The Labute approximate surface area is 123 Å². The van der Waals surface area contributed by atoms with Crippen LogP contribution in [-0.4, -0.2) is 30.2 Å². The van der Waals surface area contributed by atoms with Crippen LogP contribution in [0.3, 0.4) is 0 Å². The number of pyridine rings is 1. The monoisotopic (exact) mass is 286 g/mol.